The van der Waals surface area contributed by atoms with Crippen LogP contribution in [0.3, 0.4) is 0 Å². The molecule has 2 nitrogen and oxygen atoms in total. The van der Waals surface area contributed by atoms with Crippen molar-refractivity contribution in [2.45, 2.75) is 6.92 Å². The Bertz CT molecular complexity index is 508. The zero-order valence-electron chi connectivity index (χ0n) is 7.62. The topological polar surface area (TPSA) is 30.0 Å². The van der Waals surface area contributed by atoms with E-state index in [1.165, 1.54) is 5.56 Å². The SMILES string of the molecule is Cc1ccc2cc(C=O)c(I)nc2c1. The first-order valence-corrected chi connectivity index (χ1v) is 5.30. The van der Waals surface area contributed by atoms with Crippen LogP contribution in [0.25, 0.3) is 10.9 Å². The molecule has 1 heterocycles. The first-order chi connectivity index (χ1) is 6.70. The van der Waals surface area contributed by atoms with Gasteiger partial charge in [-0.05, 0) is 47.2 Å². The third-order valence-electron chi connectivity index (χ3n) is 2.08. The van der Waals surface area contributed by atoms with Gasteiger partial charge < -0.3 is 0 Å². The zero-order valence-corrected chi connectivity index (χ0v) is 9.78. The summed E-state index contributed by atoms with van der Waals surface area (Å²) in [6.45, 7) is 2.03. The molecule has 0 fully saturated rings. The van der Waals surface area contributed by atoms with Crippen molar-refractivity contribution >= 4 is 39.8 Å². The number of halogens is 1. The molecule has 0 radical (unpaired) electrons. The highest BCUT2D eigenvalue weighted by molar-refractivity contribution is 14.1. The van der Waals surface area contributed by atoms with E-state index in [-0.39, 0.29) is 0 Å². The Morgan fingerprint density at radius 2 is 2.14 bits per heavy atom. The van der Waals surface area contributed by atoms with Crippen molar-refractivity contribution in [3.63, 3.8) is 0 Å². The van der Waals surface area contributed by atoms with E-state index in [9.17, 15) is 4.79 Å². The summed E-state index contributed by atoms with van der Waals surface area (Å²) in [5.74, 6) is 0. The lowest BCUT2D eigenvalue weighted by molar-refractivity contribution is 0.112. The maximum Gasteiger partial charge on any atom is 0.152 e. The number of aldehydes is 1. The normalized spacial score (nSPS) is 10.4. The number of fused-ring (bicyclic) bond motifs is 1. The Kier molecular flexibility index (Phi) is 2.50. The van der Waals surface area contributed by atoms with Gasteiger partial charge in [0, 0.05) is 10.9 Å². The zero-order chi connectivity index (χ0) is 10.1. The lowest BCUT2D eigenvalue weighted by Crippen LogP contribution is -1.91. The average molecular weight is 297 g/mol. The van der Waals surface area contributed by atoms with E-state index < -0.39 is 0 Å². The summed E-state index contributed by atoms with van der Waals surface area (Å²) in [6.07, 6.45) is 0.841. The lowest BCUT2D eigenvalue weighted by atomic mass is 10.1. The fraction of sp³-hybridized carbons (Fsp3) is 0.0909. The number of hydrogen-bond donors (Lipinski definition) is 0. The van der Waals surface area contributed by atoms with E-state index in [0.29, 0.717) is 5.56 Å². The molecule has 3 heteroatoms. The van der Waals surface area contributed by atoms with Crippen molar-refractivity contribution < 1.29 is 4.79 Å². The van der Waals surface area contributed by atoms with Crippen molar-refractivity contribution in [2.75, 3.05) is 0 Å². The van der Waals surface area contributed by atoms with E-state index in [2.05, 4.69) is 27.6 Å². The number of hydrogen-bond acceptors (Lipinski definition) is 2. The molecule has 0 saturated heterocycles. The molecule has 1 aromatic heterocycles. The first-order valence-electron chi connectivity index (χ1n) is 4.23. The van der Waals surface area contributed by atoms with Gasteiger partial charge in [0.15, 0.2) is 6.29 Å². The van der Waals surface area contributed by atoms with E-state index in [0.717, 1.165) is 20.9 Å². The molecule has 14 heavy (non-hydrogen) atoms. The maximum atomic E-state index is 10.7. The van der Waals surface area contributed by atoms with Gasteiger partial charge in [-0.2, -0.15) is 0 Å². The molecule has 0 spiro atoms. The number of benzene rings is 1. The van der Waals surface area contributed by atoms with Crippen LogP contribution >= 0.6 is 22.6 Å². The quantitative estimate of drug-likeness (QED) is 0.460. The maximum absolute atomic E-state index is 10.7. The Balaban J connectivity index is 2.79. The van der Waals surface area contributed by atoms with E-state index in [4.69, 9.17) is 0 Å². The highest BCUT2D eigenvalue weighted by Gasteiger charge is 2.02. The summed E-state index contributed by atoms with van der Waals surface area (Å²) < 4.78 is 0.760. The molecule has 0 atom stereocenters. The monoisotopic (exact) mass is 297 g/mol. The molecule has 2 aromatic rings. The molecular formula is C11H8INO. The summed E-state index contributed by atoms with van der Waals surface area (Å²) in [4.78, 5) is 15.1. The molecule has 0 aliphatic rings. The minimum atomic E-state index is 0.655. The molecule has 0 unspecified atom stereocenters. The van der Waals surface area contributed by atoms with Crippen molar-refractivity contribution in [1.29, 1.82) is 0 Å². The van der Waals surface area contributed by atoms with Gasteiger partial charge in [-0.3, -0.25) is 4.79 Å². The smallest absolute Gasteiger partial charge is 0.152 e. The third-order valence-corrected chi connectivity index (χ3v) is 2.94. The second-order valence-electron chi connectivity index (χ2n) is 3.18. The molecule has 0 bridgehead atoms. The standard InChI is InChI=1S/C11H8INO/c1-7-2-3-8-5-9(6-14)11(12)13-10(8)4-7/h2-6H,1H3. The Hall–Kier alpha value is -0.970. The first kappa shape index (κ1) is 9.58. The molecule has 0 aliphatic heterocycles. The van der Waals surface area contributed by atoms with Crippen molar-refractivity contribution in [1.82, 2.24) is 4.98 Å². The predicted octanol–water partition coefficient (Wildman–Crippen LogP) is 2.96. The fourth-order valence-electron chi connectivity index (χ4n) is 1.35. The molecule has 0 saturated carbocycles. The van der Waals surface area contributed by atoms with Crippen LogP contribution in [0, 0.1) is 10.6 Å². The van der Waals surface area contributed by atoms with E-state index in [1.807, 2.05) is 31.2 Å². The summed E-state index contributed by atoms with van der Waals surface area (Å²) in [5, 5.41) is 1.01. The molecule has 0 N–H and O–H groups in total. The minimum absolute atomic E-state index is 0.655. The van der Waals surface area contributed by atoms with Crippen LogP contribution in [-0.2, 0) is 0 Å². The van der Waals surface area contributed by atoms with Gasteiger partial charge in [-0.1, -0.05) is 12.1 Å². The molecule has 0 aliphatic carbocycles. The van der Waals surface area contributed by atoms with Gasteiger partial charge in [0.2, 0.25) is 0 Å². The van der Waals surface area contributed by atoms with Crippen LogP contribution in [0.2, 0.25) is 0 Å². The van der Waals surface area contributed by atoms with Crippen LogP contribution in [0.15, 0.2) is 24.3 Å². The van der Waals surface area contributed by atoms with Crippen molar-refractivity contribution in [2.24, 2.45) is 0 Å². The fourth-order valence-corrected chi connectivity index (χ4v) is 1.90. The second-order valence-corrected chi connectivity index (χ2v) is 4.20. The van der Waals surface area contributed by atoms with Gasteiger partial charge in [0.25, 0.3) is 0 Å². The number of nitrogens with zero attached hydrogens (tertiary/aromatic N) is 1. The van der Waals surface area contributed by atoms with Crippen LogP contribution in [0.4, 0.5) is 0 Å². The van der Waals surface area contributed by atoms with Crippen molar-refractivity contribution in [3.8, 4) is 0 Å². The Morgan fingerprint density at radius 3 is 2.86 bits per heavy atom. The molecule has 1 aromatic carbocycles. The van der Waals surface area contributed by atoms with Crippen LogP contribution < -0.4 is 0 Å². The summed E-state index contributed by atoms with van der Waals surface area (Å²) >= 11 is 2.08. The van der Waals surface area contributed by atoms with Gasteiger partial charge >= 0.3 is 0 Å². The highest BCUT2D eigenvalue weighted by Crippen LogP contribution is 2.18. The van der Waals surface area contributed by atoms with Gasteiger partial charge in [-0.25, -0.2) is 4.98 Å². The number of rotatable bonds is 1. The Morgan fingerprint density at radius 1 is 1.36 bits per heavy atom. The summed E-state index contributed by atoms with van der Waals surface area (Å²) in [6, 6.07) is 7.90. The molecular weight excluding hydrogens is 289 g/mol. The van der Waals surface area contributed by atoms with Gasteiger partial charge in [0.1, 0.15) is 3.70 Å². The minimum Gasteiger partial charge on any atom is -0.298 e. The second kappa shape index (κ2) is 3.65. The average Bonchev–Trinajstić information content (AvgIpc) is 2.16. The largest absolute Gasteiger partial charge is 0.298 e. The number of carbonyl (C=O) groups excluding carboxylic acids is 1. The lowest BCUT2D eigenvalue weighted by Gasteiger charge is -2.01. The number of aromatic nitrogens is 1. The van der Waals surface area contributed by atoms with Crippen LogP contribution in [-0.4, -0.2) is 11.3 Å². The molecule has 0 amide bonds. The van der Waals surface area contributed by atoms with E-state index in [1.54, 1.807) is 0 Å². The molecule has 2 rings (SSSR count). The number of carbonyl (C=O) groups is 1. The number of aryl methyl sites for hydroxylation is 1. The van der Waals surface area contributed by atoms with Crippen LogP contribution in [0.5, 0.6) is 0 Å². The summed E-state index contributed by atoms with van der Waals surface area (Å²) in [7, 11) is 0. The van der Waals surface area contributed by atoms with E-state index >= 15 is 0 Å². The predicted molar refractivity (Wildman–Crippen MR) is 64.6 cm³/mol. The highest BCUT2D eigenvalue weighted by atomic mass is 127. The van der Waals surface area contributed by atoms with Gasteiger partial charge in [-0.15, -0.1) is 0 Å². The van der Waals surface area contributed by atoms with Crippen LogP contribution in [0.1, 0.15) is 15.9 Å². The third kappa shape index (κ3) is 1.64. The van der Waals surface area contributed by atoms with Gasteiger partial charge in [0.05, 0.1) is 5.52 Å². The molecule has 70 valence electrons. The Labute approximate surface area is 95.5 Å². The number of pyridine rings is 1. The van der Waals surface area contributed by atoms with Crippen molar-refractivity contribution in [3.05, 3.63) is 39.1 Å². The summed E-state index contributed by atoms with van der Waals surface area (Å²) in [5.41, 5.74) is 2.78.